The highest BCUT2D eigenvalue weighted by Crippen LogP contribution is 2.16. The van der Waals surface area contributed by atoms with Gasteiger partial charge in [-0.15, -0.1) is 0 Å². The fourth-order valence-corrected chi connectivity index (χ4v) is 1.29. The Labute approximate surface area is 82.1 Å². The van der Waals surface area contributed by atoms with Gasteiger partial charge in [-0.25, -0.2) is 9.55 Å². The molecule has 0 aliphatic carbocycles. The second kappa shape index (κ2) is 3.49. The highest BCUT2D eigenvalue weighted by Gasteiger charge is 2.10. The third-order valence-electron chi connectivity index (χ3n) is 2.07. The first-order chi connectivity index (χ1) is 6.81. The van der Waals surface area contributed by atoms with Crippen LogP contribution in [0.3, 0.4) is 0 Å². The minimum Gasteiger partial charge on any atom is -0.503 e. The Morgan fingerprint density at radius 3 is 3.07 bits per heavy atom. The number of aromatic hydroxyl groups is 1. The van der Waals surface area contributed by atoms with Crippen molar-refractivity contribution in [3.63, 3.8) is 0 Å². The normalized spacial score (nSPS) is 10.4. The third kappa shape index (κ3) is 1.46. The number of hydrogen-bond donors (Lipinski definition) is 1. The van der Waals surface area contributed by atoms with E-state index >= 15 is 0 Å². The lowest BCUT2D eigenvalue weighted by Crippen LogP contribution is -2.28. The summed E-state index contributed by atoms with van der Waals surface area (Å²) in [6.45, 7) is 2.96. The van der Waals surface area contributed by atoms with Gasteiger partial charge < -0.3 is 5.11 Å². The van der Waals surface area contributed by atoms with Crippen LogP contribution in [0, 0.1) is 0 Å². The first kappa shape index (κ1) is 8.74. The van der Waals surface area contributed by atoms with E-state index in [1.807, 2.05) is 23.3 Å². The van der Waals surface area contributed by atoms with Crippen LogP contribution in [0.4, 0.5) is 0 Å². The number of aromatic nitrogens is 3. The van der Waals surface area contributed by atoms with Gasteiger partial charge in [-0.1, -0.05) is 0 Å². The van der Waals surface area contributed by atoms with Crippen molar-refractivity contribution in [3.05, 3.63) is 37.1 Å². The van der Waals surface area contributed by atoms with E-state index in [2.05, 4.69) is 11.9 Å². The van der Waals surface area contributed by atoms with Crippen LogP contribution < -0.4 is 4.57 Å². The largest absolute Gasteiger partial charge is 0.503 e. The number of hydrogen-bond acceptors (Lipinski definition) is 2. The molecule has 1 N–H and O–H groups in total. The molecule has 0 radical (unpaired) electrons. The Morgan fingerprint density at radius 1 is 1.57 bits per heavy atom. The lowest BCUT2D eigenvalue weighted by atomic mass is 10.4. The third-order valence-corrected chi connectivity index (χ3v) is 2.07. The molecule has 2 heterocycles. The molecule has 4 heteroatoms. The van der Waals surface area contributed by atoms with Crippen LogP contribution in [0.25, 0.3) is 5.82 Å². The molecule has 0 atom stereocenters. The number of aryl methyl sites for hydroxylation is 1. The van der Waals surface area contributed by atoms with E-state index in [1.165, 1.54) is 0 Å². The van der Waals surface area contributed by atoms with Gasteiger partial charge in [0.1, 0.15) is 12.4 Å². The Kier molecular flexibility index (Phi) is 2.18. The number of nitrogens with zero attached hydrogens (tertiary/aromatic N) is 3. The van der Waals surface area contributed by atoms with E-state index in [0.717, 1.165) is 6.54 Å². The maximum atomic E-state index is 9.55. The zero-order chi connectivity index (χ0) is 9.97. The summed E-state index contributed by atoms with van der Waals surface area (Å²) in [5, 5.41) is 9.55. The molecule has 2 aromatic rings. The summed E-state index contributed by atoms with van der Waals surface area (Å²) in [5.41, 5.74) is 0. The van der Waals surface area contributed by atoms with E-state index in [0.29, 0.717) is 5.82 Å². The molecular formula is C10H12N3O+. The number of imidazole rings is 1. The molecule has 14 heavy (non-hydrogen) atoms. The number of pyridine rings is 1. The summed E-state index contributed by atoms with van der Waals surface area (Å²) < 4.78 is 3.80. The average molecular weight is 190 g/mol. The molecular weight excluding hydrogens is 178 g/mol. The van der Waals surface area contributed by atoms with Crippen LogP contribution in [0.15, 0.2) is 37.1 Å². The van der Waals surface area contributed by atoms with Crippen LogP contribution in [0.5, 0.6) is 5.75 Å². The van der Waals surface area contributed by atoms with Crippen molar-refractivity contribution in [1.82, 2.24) is 9.55 Å². The molecule has 0 bridgehead atoms. The van der Waals surface area contributed by atoms with Crippen molar-refractivity contribution in [1.29, 1.82) is 0 Å². The van der Waals surface area contributed by atoms with Crippen molar-refractivity contribution < 1.29 is 9.67 Å². The summed E-state index contributed by atoms with van der Waals surface area (Å²) in [6.07, 6.45) is 7.35. The van der Waals surface area contributed by atoms with Crippen molar-refractivity contribution >= 4 is 0 Å². The minimum absolute atomic E-state index is 0.186. The van der Waals surface area contributed by atoms with Crippen molar-refractivity contribution in [3.8, 4) is 11.6 Å². The van der Waals surface area contributed by atoms with Gasteiger partial charge in [-0.05, 0) is 19.1 Å². The molecule has 0 saturated heterocycles. The van der Waals surface area contributed by atoms with Crippen LogP contribution in [0.2, 0.25) is 0 Å². The standard InChI is InChI=1S/C10H11N3O/c1-2-12-6-7-13(8-12)10-9(14)4-3-5-11-10/h3-8H,2H2,1H3/p+1. The fourth-order valence-electron chi connectivity index (χ4n) is 1.29. The Balaban J connectivity index is 2.44. The highest BCUT2D eigenvalue weighted by molar-refractivity contribution is 5.37. The average Bonchev–Trinajstić information content (AvgIpc) is 2.67. The van der Waals surface area contributed by atoms with Gasteiger partial charge in [0.2, 0.25) is 6.33 Å². The summed E-state index contributed by atoms with van der Waals surface area (Å²) in [4.78, 5) is 4.10. The molecule has 0 amide bonds. The molecule has 0 aromatic carbocycles. The molecule has 4 nitrogen and oxygen atoms in total. The molecule has 2 rings (SSSR count). The molecule has 0 aliphatic heterocycles. The molecule has 0 aliphatic rings. The Hall–Kier alpha value is -1.84. The summed E-state index contributed by atoms with van der Waals surface area (Å²) >= 11 is 0. The van der Waals surface area contributed by atoms with Gasteiger partial charge in [0.05, 0.1) is 6.54 Å². The summed E-state index contributed by atoms with van der Waals surface area (Å²) in [7, 11) is 0. The highest BCUT2D eigenvalue weighted by atomic mass is 16.3. The van der Waals surface area contributed by atoms with Crippen LogP contribution >= 0.6 is 0 Å². The zero-order valence-electron chi connectivity index (χ0n) is 7.96. The Morgan fingerprint density at radius 2 is 2.43 bits per heavy atom. The molecule has 0 fully saturated rings. The van der Waals surface area contributed by atoms with Crippen LogP contribution in [-0.2, 0) is 6.54 Å². The van der Waals surface area contributed by atoms with E-state index < -0.39 is 0 Å². The predicted molar refractivity (Wildman–Crippen MR) is 51.1 cm³/mol. The van der Waals surface area contributed by atoms with E-state index in [1.54, 1.807) is 22.9 Å². The van der Waals surface area contributed by atoms with Gasteiger partial charge in [-0.3, -0.25) is 0 Å². The van der Waals surface area contributed by atoms with Crippen LogP contribution in [-0.4, -0.2) is 14.7 Å². The summed E-state index contributed by atoms with van der Waals surface area (Å²) in [6, 6.07) is 3.33. The monoisotopic (exact) mass is 190 g/mol. The minimum atomic E-state index is 0.186. The van der Waals surface area contributed by atoms with Gasteiger partial charge >= 0.3 is 0 Å². The lowest BCUT2D eigenvalue weighted by molar-refractivity contribution is -0.692. The summed E-state index contributed by atoms with van der Waals surface area (Å²) in [5.74, 6) is 0.742. The second-order valence-electron chi connectivity index (χ2n) is 3.00. The van der Waals surface area contributed by atoms with Crippen molar-refractivity contribution in [2.24, 2.45) is 0 Å². The number of rotatable bonds is 2. The first-order valence-electron chi connectivity index (χ1n) is 4.52. The van der Waals surface area contributed by atoms with Gasteiger partial charge in [0.15, 0.2) is 5.75 Å². The van der Waals surface area contributed by atoms with Crippen molar-refractivity contribution in [2.45, 2.75) is 13.5 Å². The maximum absolute atomic E-state index is 9.55. The van der Waals surface area contributed by atoms with Gasteiger partial charge in [0, 0.05) is 6.20 Å². The van der Waals surface area contributed by atoms with Crippen LogP contribution in [0.1, 0.15) is 6.92 Å². The second-order valence-corrected chi connectivity index (χ2v) is 3.00. The molecule has 0 unspecified atom stereocenters. The first-order valence-corrected chi connectivity index (χ1v) is 4.52. The molecule has 2 aromatic heterocycles. The lowest BCUT2D eigenvalue weighted by Gasteiger charge is -1.96. The molecule has 0 saturated carbocycles. The van der Waals surface area contributed by atoms with Gasteiger partial charge in [0.25, 0.3) is 5.82 Å². The SMILES string of the molecule is CC[n+]1ccn(-c2ncccc2O)c1. The quantitative estimate of drug-likeness (QED) is 0.714. The zero-order valence-corrected chi connectivity index (χ0v) is 7.96. The predicted octanol–water partition coefficient (Wildman–Crippen LogP) is 0.885. The smallest absolute Gasteiger partial charge is 0.268 e. The van der Waals surface area contributed by atoms with E-state index in [9.17, 15) is 5.11 Å². The van der Waals surface area contributed by atoms with E-state index in [-0.39, 0.29) is 5.75 Å². The molecule has 72 valence electrons. The maximum Gasteiger partial charge on any atom is 0.268 e. The van der Waals surface area contributed by atoms with Gasteiger partial charge in [-0.2, -0.15) is 4.57 Å². The Bertz CT molecular complexity index is 436. The van der Waals surface area contributed by atoms with E-state index in [4.69, 9.17) is 0 Å². The van der Waals surface area contributed by atoms with Crippen molar-refractivity contribution in [2.75, 3.05) is 0 Å². The molecule has 0 spiro atoms. The topological polar surface area (TPSA) is 41.9 Å². The fraction of sp³-hybridized carbons (Fsp3) is 0.200.